The van der Waals surface area contributed by atoms with Crippen molar-refractivity contribution in [2.45, 2.75) is 0 Å². The van der Waals surface area contributed by atoms with Gasteiger partial charge in [0.2, 0.25) is 5.88 Å². The van der Waals surface area contributed by atoms with Gasteiger partial charge in [0.05, 0.1) is 31.2 Å². The van der Waals surface area contributed by atoms with Crippen LogP contribution in [0.5, 0.6) is 11.6 Å². The Balaban J connectivity index is 1.62. The number of carbonyl (C=O) groups excluding carboxylic acids is 1. The molecule has 0 bridgehead atoms. The van der Waals surface area contributed by atoms with E-state index in [2.05, 4.69) is 20.3 Å². The highest BCUT2D eigenvalue weighted by Crippen LogP contribution is 2.31. The van der Waals surface area contributed by atoms with Crippen LogP contribution in [0, 0.1) is 5.82 Å². The molecule has 156 valence electrons. The topological polar surface area (TPSA) is 86.2 Å². The smallest absolute Gasteiger partial charge is 0.259 e. The van der Waals surface area contributed by atoms with Crippen LogP contribution in [0.1, 0.15) is 10.4 Å². The standard InChI is InChI=1S/C22H17FN4O3S/c1-29-17-9-3-6-13(19(17)23)20-14(7-5-11-24-20)21(28)27-22-26-16(12-31-22)15-8-4-10-18(25-15)30-2/h3-12H,1-2H3,(H,26,27,28). The molecule has 1 amide bonds. The highest BCUT2D eigenvalue weighted by Gasteiger charge is 2.20. The predicted octanol–water partition coefficient (Wildman–Crippen LogP) is 4.68. The third kappa shape index (κ3) is 4.22. The third-order valence-corrected chi connectivity index (χ3v) is 5.17. The summed E-state index contributed by atoms with van der Waals surface area (Å²) in [6, 6.07) is 13.2. The van der Waals surface area contributed by atoms with E-state index in [0.717, 1.165) is 0 Å². The van der Waals surface area contributed by atoms with Crippen molar-refractivity contribution in [3.8, 4) is 34.3 Å². The van der Waals surface area contributed by atoms with Crippen molar-refractivity contribution in [1.29, 1.82) is 0 Å². The fraction of sp³-hybridized carbons (Fsp3) is 0.0909. The maximum absolute atomic E-state index is 14.8. The van der Waals surface area contributed by atoms with Gasteiger partial charge in [-0.3, -0.25) is 15.1 Å². The Kier molecular flexibility index (Phi) is 5.85. The van der Waals surface area contributed by atoms with Crippen molar-refractivity contribution in [1.82, 2.24) is 15.0 Å². The van der Waals surface area contributed by atoms with E-state index in [0.29, 0.717) is 22.4 Å². The highest BCUT2D eigenvalue weighted by molar-refractivity contribution is 7.14. The molecule has 0 aliphatic heterocycles. The molecule has 0 atom stereocenters. The molecular formula is C22H17FN4O3S. The minimum atomic E-state index is -0.585. The van der Waals surface area contributed by atoms with Crippen LogP contribution in [-0.2, 0) is 0 Å². The zero-order valence-electron chi connectivity index (χ0n) is 16.6. The fourth-order valence-corrected chi connectivity index (χ4v) is 3.64. The Morgan fingerprint density at radius 2 is 1.84 bits per heavy atom. The van der Waals surface area contributed by atoms with Gasteiger partial charge >= 0.3 is 0 Å². The third-order valence-electron chi connectivity index (χ3n) is 4.41. The number of hydrogen-bond donors (Lipinski definition) is 1. The molecule has 0 radical (unpaired) electrons. The van der Waals surface area contributed by atoms with Crippen LogP contribution in [0.4, 0.5) is 9.52 Å². The minimum Gasteiger partial charge on any atom is -0.494 e. The van der Waals surface area contributed by atoms with E-state index in [1.807, 2.05) is 6.07 Å². The lowest BCUT2D eigenvalue weighted by atomic mass is 10.0. The van der Waals surface area contributed by atoms with Crippen LogP contribution in [0.3, 0.4) is 0 Å². The first-order chi connectivity index (χ1) is 15.1. The number of nitrogens with zero attached hydrogens (tertiary/aromatic N) is 3. The molecule has 1 N–H and O–H groups in total. The zero-order chi connectivity index (χ0) is 21.8. The minimum absolute atomic E-state index is 0.0739. The molecule has 4 aromatic rings. The van der Waals surface area contributed by atoms with E-state index in [1.54, 1.807) is 41.8 Å². The summed E-state index contributed by atoms with van der Waals surface area (Å²) in [6.07, 6.45) is 1.50. The summed E-state index contributed by atoms with van der Waals surface area (Å²) in [5.41, 5.74) is 1.82. The van der Waals surface area contributed by atoms with Crippen LogP contribution in [0.15, 0.2) is 60.1 Å². The number of methoxy groups -OCH3 is 2. The Bertz CT molecular complexity index is 1240. The molecule has 0 aliphatic rings. The van der Waals surface area contributed by atoms with Gasteiger partial charge in [0.15, 0.2) is 16.7 Å². The zero-order valence-corrected chi connectivity index (χ0v) is 17.4. The second kappa shape index (κ2) is 8.88. The molecule has 0 unspecified atom stereocenters. The van der Waals surface area contributed by atoms with E-state index in [1.165, 1.54) is 37.8 Å². The molecule has 3 aromatic heterocycles. The van der Waals surface area contributed by atoms with Crippen molar-refractivity contribution in [3.05, 3.63) is 71.5 Å². The molecule has 0 aliphatic carbocycles. The van der Waals surface area contributed by atoms with E-state index in [9.17, 15) is 9.18 Å². The maximum Gasteiger partial charge on any atom is 0.259 e. The Labute approximate surface area is 181 Å². The summed E-state index contributed by atoms with van der Waals surface area (Å²) in [5, 5.41) is 4.91. The van der Waals surface area contributed by atoms with Crippen molar-refractivity contribution in [2.75, 3.05) is 19.5 Å². The summed E-state index contributed by atoms with van der Waals surface area (Å²) >= 11 is 1.25. The van der Waals surface area contributed by atoms with Crippen molar-refractivity contribution >= 4 is 22.4 Å². The molecular weight excluding hydrogens is 419 g/mol. The molecule has 0 saturated heterocycles. The number of rotatable bonds is 6. The fourth-order valence-electron chi connectivity index (χ4n) is 2.94. The number of nitrogens with one attached hydrogen (secondary N) is 1. The molecule has 7 nitrogen and oxygen atoms in total. The maximum atomic E-state index is 14.8. The summed E-state index contributed by atoms with van der Waals surface area (Å²) in [4.78, 5) is 25.9. The average molecular weight is 436 g/mol. The van der Waals surface area contributed by atoms with Gasteiger partial charge in [0.1, 0.15) is 5.69 Å². The van der Waals surface area contributed by atoms with Crippen LogP contribution < -0.4 is 14.8 Å². The van der Waals surface area contributed by atoms with Gasteiger partial charge in [-0.05, 0) is 30.3 Å². The Hall–Kier alpha value is -3.85. The van der Waals surface area contributed by atoms with E-state index < -0.39 is 11.7 Å². The van der Waals surface area contributed by atoms with Crippen molar-refractivity contribution < 1.29 is 18.7 Å². The molecule has 4 rings (SSSR count). The Morgan fingerprint density at radius 3 is 2.65 bits per heavy atom. The number of aromatic nitrogens is 3. The van der Waals surface area contributed by atoms with Crippen LogP contribution in [0.2, 0.25) is 0 Å². The molecule has 3 heterocycles. The number of hydrogen-bond acceptors (Lipinski definition) is 7. The first kappa shape index (κ1) is 20.4. The predicted molar refractivity (Wildman–Crippen MR) is 116 cm³/mol. The molecule has 0 spiro atoms. The van der Waals surface area contributed by atoms with Gasteiger partial charge in [0.25, 0.3) is 5.91 Å². The monoisotopic (exact) mass is 436 g/mol. The number of halogens is 1. The second-order valence-electron chi connectivity index (χ2n) is 6.28. The van der Waals surface area contributed by atoms with Gasteiger partial charge < -0.3 is 9.47 Å². The number of carbonyl (C=O) groups is 1. The largest absolute Gasteiger partial charge is 0.494 e. The second-order valence-corrected chi connectivity index (χ2v) is 7.14. The number of ether oxygens (including phenoxy) is 2. The van der Waals surface area contributed by atoms with Crippen LogP contribution in [-0.4, -0.2) is 35.1 Å². The Morgan fingerprint density at radius 1 is 1.00 bits per heavy atom. The number of amides is 1. The van der Waals surface area contributed by atoms with Crippen molar-refractivity contribution in [2.24, 2.45) is 0 Å². The molecule has 9 heteroatoms. The van der Waals surface area contributed by atoms with E-state index in [4.69, 9.17) is 9.47 Å². The SMILES string of the molecule is COc1cccc(-c2csc(NC(=O)c3cccnc3-c3cccc(OC)c3F)n2)n1. The van der Waals surface area contributed by atoms with Gasteiger partial charge in [-0.1, -0.05) is 12.1 Å². The number of anilines is 1. The normalized spacial score (nSPS) is 10.5. The quantitative estimate of drug-likeness (QED) is 0.473. The molecule has 31 heavy (non-hydrogen) atoms. The first-order valence-electron chi connectivity index (χ1n) is 9.17. The first-order valence-corrected chi connectivity index (χ1v) is 10.0. The lowest BCUT2D eigenvalue weighted by Crippen LogP contribution is -2.14. The van der Waals surface area contributed by atoms with Gasteiger partial charge in [-0.25, -0.2) is 14.4 Å². The van der Waals surface area contributed by atoms with Crippen LogP contribution >= 0.6 is 11.3 Å². The molecule has 0 saturated carbocycles. The van der Waals surface area contributed by atoms with Crippen LogP contribution in [0.25, 0.3) is 22.6 Å². The van der Waals surface area contributed by atoms with Gasteiger partial charge in [-0.2, -0.15) is 0 Å². The summed E-state index contributed by atoms with van der Waals surface area (Å²) in [5.74, 6) is -0.496. The van der Waals surface area contributed by atoms with Crippen molar-refractivity contribution in [3.63, 3.8) is 0 Å². The van der Waals surface area contributed by atoms with E-state index >= 15 is 0 Å². The number of thiazole rings is 1. The molecule has 1 aromatic carbocycles. The summed E-state index contributed by atoms with van der Waals surface area (Å²) in [6.45, 7) is 0. The summed E-state index contributed by atoms with van der Waals surface area (Å²) in [7, 11) is 2.92. The number of benzene rings is 1. The summed E-state index contributed by atoms with van der Waals surface area (Å²) < 4.78 is 24.9. The average Bonchev–Trinajstić information content (AvgIpc) is 3.28. The van der Waals surface area contributed by atoms with Gasteiger partial charge in [-0.15, -0.1) is 11.3 Å². The van der Waals surface area contributed by atoms with Gasteiger partial charge in [0, 0.05) is 23.2 Å². The number of pyridine rings is 2. The lowest BCUT2D eigenvalue weighted by molar-refractivity contribution is 0.102. The lowest BCUT2D eigenvalue weighted by Gasteiger charge is -2.10. The van der Waals surface area contributed by atoms with E-state index in [-0.39, 0.29) is 22.6 Å². The molecule has 0 fully saturated rings. The highest BCUT2D eigenvalue weighted by atomic mass is 32.1.